The van der Waals surface area contributed by atoms with E-state index in [1.807, 2.05) is 0 Å². The molecule has 0 spiro atoms. The molecule has 3 atom stereocenters. The van der Waals surface area contributed by atoms with E-state index < -0.39 is 5.41 Å². The van der Waals surface area contributed by atoms with E-state index in [-0.39, 0.29) is 29.3 Å². The van der Waals surface area contributed by atoms with E-state index in [2.05, 4.69) is 26.1 Å². The van der Waals surface area contributed by atoms with E-state index in [0.717, 1.165) is 12.8 Å². The molecule has 0 saturated heterocycles. The van der Waals surface area contributed by atoms with Crippen LogP contribution in [0.25, 0.3) is 0 Å². The Morgan fingerprint density at radius 3 is 2.58 bits per heavy atom. The second-order valence-electron chi connectivity index (χ2n) is 6.85. The molecular formula is C15H25NO3. The lowest BCUT2D eigenvalue weighted by Gasteiger charge is -2.38. The van der Waals surface area contributed by atoms with Gasteiger partial charge in [0.05, 0.1) is 6.61 Å². The van der Waals surface area contributed by atoms with Crippen molar-refractivity contribution in [3.63, 3.8) is 0 Å². The predicted octanol–water partition coefficient (Wildman–Crippen LogP) is 2.07. The normalized spacial score (nSPS) is 34.4. The van der Waals surface area contributed by atoms with Crippen molar-refractivity contribution in [3.05, 3.63) is 0 Å². The molecule has 2 fully saturated rings. The van der Waals surface area contributed by atoms with Crippen LogP contribution in [0, 0.1) is 11.3 Å². The molecule has 2 rings (SSSR count). The molecule has 3 unspecified atom stereocenters. The summed E-state index contributed by atoms with van der Waals surface area (Å²) < 4.78 is 5.13. The molecule has 0 aromatic carbocycles. The molecule has 0 aromatic rings. The van der Waals surface area contributed by atoms with Gasteiger partial charge in [0.25, 0.3) is 0 Å². The van der Waals surface area contributed by atoms with Crippen molar-refractivity contribution in [2.24, 2.45) is 11.3 Å². The van der Waals surface area contributed by atoms with E-state index in [9.17, 15) is 9.59 Å². The Labute approximate surface area is 115 Å². The molecule has 0 aliphatic heterocycles. The standard InChI is InChI=1S/C15H25NO3/c1-5-19-13(18)15-8-6-10(12(15)17)11(7-9-15)16-14(2,3)4/h10-11,16H,5-9H2,1-4H3. The zero-order valence-corrected chi connectivity index (χ0v) is 12.4. The lowest BCUT2D eigenvalue weighted by atomic mass is 9.72. The first-order chi connectivity index (χ1) is 8.80. The topological polar surface area (TPSA) is 55.4 Å². The average Bonchev–Trinajstić information content (AvgIpc) is 2.51. The Balaban J connectivity index is 2.13. The number of carbonyl (C=O) groups excluding carboxylic acids is 2. The summed E-state index contributed by atoms with van der Waals surface area (Å²) in [6.45, 7) is 8.47. The van der Waals surface area contributed by atoms with Gasteiger partial charge in [0.1, 0.15) is 5.41 Å². The zero-order chi connectivity index (χ0) is 14.3. The summed E-state index contributed by atoms with van der Waals surface area (Å²) >= 11 is 0. The number of ketones is 1. The fourth-order valence-electron chi connectivity index (χ4n) is 3.55. The highest BCUT2D eigenvalue weighted by molar-refractivity contribution is 6.07. The summed E-state index contributed by atoms with van der Waals surface area (Å²) in [4.78, 5) is 24.7. The number of rotatable bonds is 3. The molecule has 0 aromatic heterocycles. The summed E-state index contributed by atoms with van der Waals surface area (Å²) in [6, 6.07) is 0.206. The summed E-state index contributed by atoms with van der Waals surface area (Å²) in [5.41, 5.74) is -0.825. The van der Waals surface area contributed by atoms with Crippen molar-refractivity contribution in [1.29, 1.82) is 0 Å². The van der Waals surface area contributed by atoms with Crippen molar-refractivity contribution in [2.75, 3.05) is 6.61 Å². The van der Waals surface area contributed by atoms with Crippen LogP contribution in [0.3, 0.4) is 0 Å². The summed E-state index contributed by atoms with van der Waals surface area (Å²) in [6.07, 6.45) is 2.99. The maximum atomic E-state index is 12.6. The zero-order valence-electron chi connectivity index (χ0n) is 12.4. The quantitative estimate of drug-likeness (QED) is 0.628. The van der Waals surface area contributed by atoms with Crippen LogP contribution in [0.15, 0.2) is 0 Å². The van der Waals surface area contributed by atoms with Gasteiger partial charge >= 0.3 is 5.97 Å². The highest BCUT2D eigenvalue weighted by atomic mass is 16.5. The van der Waals surface area contributed by atoms with Gasteiger partial charge in [-0.15, -0.1) is 0 Å². The Hall–Kier alpha value is -0.900. The molecular weight excluding hydrogens is 242 g/mol. The Morgan fingerprint density at radius 2 is 2.00 bits per heavy atom. The first-order valence-electron chi connectivity index (χ1n) is 7.29. The summed E-state index contributed by atoms with van der Waals surface area (Å²) in [5, 5.41) is 3.53. The van der Waals surface area contributed by atoms with Gasteiger partial charge in [-0.1, -0.05) is 0 Å². The Kier molecular flexibility index (Phi) is 3.74. The van der Waals surface area contributed by atoms with E-state index in [1.165, 1.54) is 0 Å². The van der Waals surface area contributed by atoms with Crippen molar-refractivity contribution < 1.29 is 14.3 Å². The van der Waals surface area contributed by atoms with E-state index in [0.29, 0.717) is 19.4 Å². The molecule has 2 bridgehead atoms. The van der Waals surface area contributed by atoms with Crippen LogP contribution in [0.2, 0.25) is 0 Å². The molecule has 19 heavy (non-hydrogen) atoms. The van der Waals surface area contributed by atoms with Crippen LogP contribution in [0.5, 0.6) is 0 Å². The molecule has 0 heterocycles. The largest absolute Gasteiger partial charge is 0.465 e. The van der Waals surface area contributed by atoms with Crippen molar-refractivity contribution in [3.8, 4) is 0 Å². The average molecular weight is 267 g/mol. The van der Waals surface area contributed by atoms with Gasteiger partial charge < -0.3 is 10.1 Å². The van der Waals surface area contributed by atoms with Gasteiger partial charge in [-0.3, -0.25) is 9.59 Å². The fraction of sp³-hybridized carbons (Fsp3) is 0.867. The maximum absolute atomic E-state index is 12.6. The number of nitrogens with one attached hydrogen (secondary N) is 1. The minimum atomic E-state index is -0.823. The van der Waals surface area contributed by atoms with E-state index in [1.54, 1.807) is 6.92 Å². The third-order valence-corrected chi connectivity index (χ3v) is 4.34. The molecule has 1 N–H and O–H groups in total. The number of hydrogen-bond acceptors (Lipinski definition) is 4. The smallest absolute Gasteiger partial charge is 0.319 e. The molecule has 2 saturated carbocycles. The minimum absolute atomic E-state index is 0.00252. The van der Waals surface area contributed by atoms with Gasteiger partial charge in [0.2, 0.25) is 0 Å². The fourth-order valence-corrected chi connectivity index (χ4v) is 3.55. The first kappa shape index (κ1) is 14.5. The first-order valence-corrected chi connectivity index (χ1v) is 7.29. The number of hydrogen-bond donors (Lipinski definition) is 1. The van der Waals surface area contributed by atoms with Gasteiger partial charge in [0.15, 0.2) is 5.78 Å². The van der Waals surface area contributed by atoms with Crippen LogP contribution in [-0.2, 0) is 14.3 Å². The molecule has 108 valence electrons. The lowest BCUT2D eigenvalue weighted by Crippen LogP contribution is -2.54. The second-order valence-corrected chi connectivity index (χ2v) is 6.85. The van der Waals surface area contributed by atoms with E-state index in [4.69, 9.17) is 4.74 Å². The van der Waals surface area contributed by atoms with Crippen LogP contribution in [0.4, 0.5) is 0 Å². The highest BCUT2D eigenvalue weighted by Crippen LogP contribution is 2.49. The molecule has 4 heteroatoms. The third-order valence-electron chi connectivity index (χ3n) is 4.34. The van der Waals surface area contributed by atoms with Gasteiger partial charge in [0, 0.05) is 17.5 Å². The van der Waals surface area contributed by atoms with Crippen molar-refractivity contribution in [2.45, 2.75) is 65.0 Å². The Morgan fingerprint density at radius 1 is 1.37 bits per heavy atom. The number of Topliss-reactive ketones (excluding diaryl/α,β-unsaturated/α-hetero) is 1. The molecule has 0 amide bonds. The monoisotopic (exact) mass is 267 g/mol. The maximum Gasteiger partial charge on any atom is 0.319 e. The van der Waals surface area contributed by atoms with Crippen molar-refractivity contribution >= 4 is 11.8 Å². The second kappa shape index (κ2) is 4.89. The van der Waals surface area contributed by atoms with Crippen LogP contribution in [0.1, 0.15) is 53.4 Å². The molecule has 2 aliphatic carbocycles. The highest BCUT2D eigenvalue weighted by Gasteiger charge is 2.59. The Bertz CT molecular complexity index is 385. The van der Waals surface area contributed by atoms with Crippen LogP contribution in [-0.4, -0.2) is 29.9 Å². The van der Waals surface area contributed by atoms with Crippen molar-refractivity contribution in [1.82, 2.24) is 5.32 Å². The molecule has 4 nitrogen and oxygen atoms in total. The van der Waals surface area contributed by atoms with E-state index >= 15 is 0 Å². The summed E-state index contributed by atoms with van der Waals surface area (Å²) in [7, 11) is 0. The predicted molar refractivity (Wildman–Crippen MR) is 72.7 cm³/mol. The minimum Gasteiger partial charge on any atom is -0.465 e. The third kappa shape index (κ3) is 2.55. The molecule has 0 radical (unpaired) electrons. The molecule has 2 aliphatic rings. The number of esters is 1. The van der Waals surface area contributed by atoms with Gasteiger partial charge in [-0.2, -0.15) is 0 Å². The van der Waals surface area contributed by atoms with Crippen LogP contribution >= 0.6 is 0 Å². The van der Waals surface area contributed by atoms with Gasteiger partial charge in [-0.05, 0) is 53.4 Å². The number of carbonyl (C=O) groups is 2. The SMILES string of the molecule is CCOC(=O)C12CCC(NC(C)(C)C)C(CC1)C2=O. The number of fused-ring (bicyclic) bond motifs is 2. The lowest BCUT2D eigenvalue weighted by molar-refractivity contribution is -0.161. The summed E-state index contributed by atoms with van der Waals surface area (Å²) in [5.74, 6) is -0.201. The van der Waals surface area contributed by atoms with Crippen LogP contribution < -0.4 is 5.32 Å². The van der Waals surface area contributed by atoms with Gasteiger partial charge in [-0.25, -0.2) is 0 Å². The number of ether oxygens (including phenoxy) is 1.